The van der Waals surface area contributed by atoms with Gasteiger partial charge in [-0.25, -0.2) is 9.67 Å². The van der Waals surface area contributed by atoms with Gasteiger partial charge in [0, 0.05) is 12.5 Å². The van der Waals surface area contributed by atoms with Gasteiger partial charge in [-0.05, 0) is 39.3 Å². The first kappa shape index (κ1) is 13.2. The summed E-state index contributed by atoms with van der Waals surface area (Å²) in [7, 11) is 0. The van der Waals surface area contributed by atoms with Gasteiger partial charge in [-0.3, -0.25) is 0 Å². The van der Waals surface area contributed by atoms with Crippen LogP contribution in [-0.4, -0.2) is 27.9 Å². The quantitative estimate of drug-likeness (QED) is 0.770. The summed E-state index contributed by atoms with van der Waals surface area (Å²) in [5, 5.41) is 7.62. The lowest BCUT2D eigenvalue weighted by Gasteiger charge is -2.13. The van der Waals surface area contributed by atoms with E-state index in [1.54, 1.807) is 6.33 Å². The summed E-state index contributed by atoms with van der Waals surface area (Å²) in [5.74, 6) is 1.80. The van der Waals surface area contributed by atoms with Crippen molar-refractivity contribution in [1.29, 1.82) is 0 Å². The van der Waals surface area contributed by atoms with Gasteiger partial charge in [0.1, 0.15) is 12.2 Å². The van der Waals surface area contributed by atoms with Gasteiger partial charge >= 0.3 is 0 Å². The van der Waals surface area contributed by atoms with E-state index < -0.39 is 0 Å². The molecule has 92 valence electrons. The second-order valence-corrected chi connectivity index (χ2v) is 4.67. The zero-order valence-electron chi connectivity index (χ0n) is 10.9. The summed E-state index contributed by atoms with van der Waals surface area (Å²) in [6, 6.07) is 0.404. The van der Waals surface area contributed by atoms with Crippen LogP contribution in [0.5, 0.6) is 0 Å². The lowest BCUT2D eigenvalue weighted by atomic mass is 10.1. The fourth-order valence-corrected chi connectivity index (χ4v) is 1.75. The Morgan fingerprint density at radius 2 is 2.12 bits per heavy atom. The van der Waals surface area contributed by atoms with Crippen molar-refractivity contribution in [3.05, 3.63) is 12.2 Å². The molecule has 1 heterocycles. The van der Waals surface area contributed by atoms with E-state index >= 15 is 0 Å². The standard InChI is InChI=1S/C12H24N4/c1-5-13-8-11(4)6-7-12-14-9-15-16(12)10(2)3/h9-11,13H,5-8H2,1-4H3. The molecule has 0 radical (unpaired) electrons. The van der Waals surface area contributed by atoms with E-state index in [0.717, 1.165) is 25.3 Å². The lowest BCUT2D eigenvalue weighted by molar-refractivity contribution is 0.456. The highest BCUT2D eigenvalue weighted by Gasteiger charge is 2.09. The number of nitrogens with one attached hydrogen (secondary N) is 1. The van der Waals surface area contributed by atoms with Crippen molar-refractivity contribution in [2.24, 2.45) is 5.92 Å². The summed E-state index contributed by atoms with van der Waals surface area (Å²) >= 11 is 0. The maximum Gasteiger partial charge on any atom is 0.138 e. The number of hydrogen-bond donors (Lipinski definition) is 1. The molecule has 0 amide bonds. The predicted octanol–water partition coefficient (Wildman–Crippen LogP) is 2.04. The Morgan fingerprint density at radius 1 is 1.38 bits per heavy atom. The number of hydrogen-bond acceptors (Lipinski definition) is 3. The summed E-state index contributed by atoms with van der Waals surface area (Å²) in [6.45, 7) is 10.8. The van der Waals surface area contributed by atoms with E-state index in [-0.39, 0.29) is 0 Å². The molecule has 0 aromatic carbocycles. The van der Waals surface area contributed by atoms with Crippen LogP contribution in [0.1, 0.15) is 46.0 Å². The van der Waals surface area contributed by atoms with E-state index in [4.69, 9.17) is 0 Å². The van der Waals surface area contributed by atoms with Gasteiger partial charge in [0.05, 0.1) is 0 Å². The minimum Gasteiger partial charge on any atom is -0.317 e. The van der Waals surface area contributed by atoms with Crippen LogP contribution in [0.2, 0.25) is 0 Å². The maximum atomic E-state index is 4.32. The molecule has 1 rings (SSSR count). The van der Waals surface area contributed by atoms with Gasteiger partial charge in [0.25, 0.3) is 0 Å². The Balaban J connectivity index is 2.39. The number of aryl methyl sites for hydroxylation is 1. The van der Waals surface area contributed by atoms with Crippen molar-refractivity contribution in [1.82, 2.24) is 20.1 Å². The molecule has 0 fully saturated rings. The first-order valence-electron chi connectivity index (χ1n) is 6.24. The molecule has 4 nitrogen and oxygen atoms in total. The lowest BCUT2D eigenvalue weighted by Crippen LogP contribution is -2.21. The molecular weight excluding hydrogens is 200 g/mol. The second kappa shape index (κ2) is 6.63. The second-order valence-electron chi connectivity index (χ2n) is 4.67. The minimum atomic E-state index is 0.404. The van der Waals surface area contributed by atoms with Crippen molar-refractivity contribution in [2.45, 2.75) is 46.6 Å². The molecule has 1 atom stereocenters. The van der Waals surface area contributed by atoms with Crippen LogP contribution in [0.4, 0.5) is 0 Å². The SMILES string of the molecule is CCNCC(C)CCc1ncnn1C(C)C. The van der Waals surface area contributed by atoms with E-state index in [2.05, 4.69) is 43.1 Å². The first-order valence-corrected chi connectivity index (χ1v) is 6.24. The largest absolute Gasteiger partial charge is 0.317 e. The Hall–Kier alpha value is -0.900. The van der Waals surface area contributed by atoms with Crippen LogP contribution in [0.25, 0.3) is 0 Å². The fourth-order valence-electron chi connectivity index (χ4n) is 1.75. The Morgan fingerprint density at radius 3 is 2.75 bits per heavy atom. The van der Waals surface area contributed by atoms with E-state index in [1.165, 1.54) is 6.42 Å². The molecule has 1 unspecified atom stereocenters. The predicted molar refractivity (Wildman–Crippen MR) is 66.4 cm³/mol. The van der Waals surface area contributed by atoms with Crippen LogP contribution >= 0.6 is 0 Å². The summed E-state index contributed by atoms with van der Waals surface area (Å²) < 4.78 is 2.01. The Labute approximate surface area is 98.5 Å². The third-order valence-electron chi connectivity index (χ3n) is 2.74. The highest BCUT2D eigenvalue weighted by molar-refractivity contribution is 4.87. The summed E-state index contributed by atoms with van der Waals surface area (Å²) in [6.07, 6.45) is 3.84. The monoisotopic (exact) mass is 224 g/mol. The van der Waals surface area contributed by atoms with Crippen LogP contribution in [0.3, 0.4) is 0 Å². The zero-order chi connectivity index (χ0) is 12.0. The Kier molecular flexibility index (Phi) is 5.46. The topological polar surface area (TPSA) is 42.7 Å². The Bertz CT molecular complexity index is 293. The van der Waals surface area contributed by atoms with E-state index in [0.29, 0.717) is 12.0 Å². The van der Waals surface area contributed by atoms with Crippen LogP contribution < -0.4 is 5.32 Å². The van der Waals surface area contributed by atoms with Crippen LogP contribution in [-0.2, 0) is 6.42 Å². The molecule has 0 aliphatic rings. The molecule has 0 spiro atoms. The molecule has 1 aromatic heterocycles. The normalized spacial score (nSPS) is 13.3. The zero-order valence-corrected chi connectivity index (χ0v) is 10.9. The molecule has 0 saturated carbocycles. The molecule has 0 saturated heterocycles. The molecule has 1 N–H and O–H groups in total. The van der Waals surface area contributed by atoms with Crippen LogP contribution in [0.15, 0.2) is 6.33 Å². The highest BCUT2D eigenvalue weighted by atomic mass is 15.3. The van der Waals surface area contributed by atoms with Crippen molar-refractivity contribution >= 4 is 0 Å². The van der Waals surface area contributed by atoms with Crippen molar-refractivity contribution in [3.8, 4) is 0 Å². The first-order chi connectivity index (χ1) is 7.65. The smallest absolute Gasteiger partial charge is 0.138 e. The molecule has 0 bridgehead atoms. The molecule has 0 aliphatic carbocycles. The van der Waals surface area contributed by atoms with Gasteiger partial charge in [-0.2, -0.15) is 5.10 Å². The molecule has 0 aliphatic heterocycles. The van der Waals surface area contributed by atoms with Crippen molar-refractivity contribution in [2.75, 3.05) is 13.1 Å². The minimum absolute atomic E-state index is 0.404. The average Bonchev–Trinajstić information content (AvgIpc) is 2.71. The average molecular weight is 224 g/mol. The summed E-state index contributed by atoms with van der Waals surface area (Å²) in [4.78, 5) is 4.32. The number of nitrogens with zero attached hydrogens (tertiary/aromatic N) is 3. The van der Waals surface area contributed by atoms with Crippen molar-refractivity contribution < 1.29 is 0 Å². The van der Waals surface area contributed by atoms with Gasteiger partial charge in [0.2, 0.25) is 0 Å². The number of aromatic nitrogens is 3. The third kappa shape index (κ3) is 3.93. The molecular formula is C12H24N4. The van der Waals surface area contributed by atoms with E-state index in [9.17, 15) is 0 Å². The number of rotatable bonds is 7. The van der Waals surface area contributed by atoms with Crippen LogP contribution in [0, 0.1) is 5.92 Å². The molecule has 4 heteroatoms. The van der Waals surface area contributed by atoms with Crippen molar-refractivity contribution in [3.63, 3.8) is 0 Å². The molecule has 1 aromatic rings. The fraction of sp³-hybridized carbons (Fsp3) is 0.833. The summed E-state index contributed by atoms with van der Waals surface area (Å²) in [5.41, 5.74) is 0. The van der Waals surface area contributed by atoms with Gasteiger partial charge in [-0.1, -0.05) is 13.8 Å². The molecule has 16 heavy (non-hydrogen) atoms. The third-order valence-corrected chi connectivity index (χ3v) is 2.74. The van der Waals surface area contributed by atoms with E-state index in [1.807, 2.05) is 4.68 Å². The highest BCUT2D eigenvalue weighted by Crippen LogP contribution is 2.10. The van der Waals surface area contributed by atoms with Gasteiger partial charge in [-0.15, -0.1) is 0 Å². The van der Waals surface area contributed by atoms with Gasteiger partial charge in [0.15, 0.2) is 0 Å². The maximum absolute atomic E-state index is 4.32. The van der Waals surface area contributed by atoms with Gasteiger partial charge < -0.3 is 5.32 Å².